The highest BCUT2D eigenvalue weighted by molar-refractivity contribution is 6.16. The van der Waals surface area contributed by atoms with E-state index >= 15 is 0 Å². The molecule has 0 atom stereocenters. The topological polar surface area (TPSA) is 51.8 Å². The number of hydrogen-bond acceptors (Lipinski definition) is 4. The number of benzene rings is 7. The van der Waals surface area contributed by atoms with Crippen molar-refractivity contribution in [1.29, 1.82) is 0 Å². The highest BCUT2D eigenvalue weighted by Crippen LogP contribution is 2.42. The van der Waals surface area contributed by atoms with Crippen LogP contribution in [0.15, 0.2) is 156 Å². The number of furan rings is 1. The van der Waals surface area contributed by atoms with Crippen LogP contribution in [0, 0.1) is 0 Å². The summed E-state index contributed by atoms with van der Waals surface area (Å²) in [5.74, 6) is 1.87. The predicted molar refractivity (Wildman–Crippen MR) is 184 cm³/mol. The van der Waals surface area contributed by atoms with E-state index in [-0.39, 0.29) is 0 Å². The molecule has 0 aliphatic heterocycles. The van der Waals surface area contributed by atoms with E-state index < -0.39 is 0 Å². The molecular formula is C41H25N3O. The maximum Gasteiger partial charge on any atom is 0.164 e. The van der Waals surface area contributed by atoms with E-state index in [1.54, 1.807) is 0 Å². The maximum absolute atomic E-state index is 6.63. The highest BCUT2D eigenvalue weighted by atomic mass is 16.3. The Morgan fingerprint density at radius 1 is 0.378 bits per heavy atom. The number of rotatable bonds is 4. The lowest BCUT2D eigenvalue weighted by Crippen LogP contribution is -2.01. The molecule has 0 spiro atoms. The Hall–Kier alpha value is -6.13. The standard InChI is InChI=1S/C41H25N3O/c1-2-13-28(14-3-1)39-42-40(33-19-10-16-27-12-6-7-17-31(27)33)44-41(43-39)35-24-23-32(30-22-21-26-11-4-5-15-29(26)25-30)38-37(35)34-18-8-9-20-36(34)45-38/h1-25H. The van der Waals surface area contributed by atoms with Crippen LogP contribution in [-0.4, -0.2) is 15.0 Å². The van der Waals surface area contributed by atoms with Gasteiger partial charge in [0.25, 0.3) is 0 Å². The van der Waals surface area contributed by atoms with Gasteiger partial charge < -0.3 is 4.42 Å². The first-order valence-corrected chi connectivity index (χ1v) is 15.0. The second kappa shape index (κ2) is 10.2. The second-order valence-corrected chi connectivity index (χ2v) is 11.2. The summed E-state index contributed by atoms with van der Waals surface area (Å²) in [6.07, 6.45) is 0. The van der Waals surface area contributed by atoms with Crippen molar-refractivity contribution in [3.05, 3.63) is 152 Å². The summed E-state index contributed by atoms with van der Waals surface area (Å²) in [5.41, 5.74) is 6.58. The molecule has 7 aromatic carbocycles. The Bertz CT molecular complexity index is 2540. The molecule has 0 aliphatic rings. The van der Waals surface area contributed by atoms with Crippen LogP contribution in [0.5, 0.6) is 0 Å². The Kier molecular flexibility index (Phi) is 5.78. The maximum atomic E-state index is 6.63. The van der Waals surface area contributed by atoms with Crippen LogP contribution in [0.25, 0.3) is 88.8 Å². The molecule has 0 N–H and O–H groups in total. The zero-order valence-corrected chi connectivity index (χ0v) is 24.2. The molecule has 4 heteroatoms. The van der Waals surface area contributed by atoms with Gasteiger partial charge >= 0.3 is 0 Å². The van der Waals surface area contributed by atoms with E-state index in [0.29, 0.717) is 17.5 Å². The van der Waals surface area contributed by atoms with Gasteiger partial charge in [0.15, 0.2) is 17.5 Å². The van der Waals surface area contributed by atoms with Crippen LogP contribution in [-0.2, 0) is 0 Å². The number of nitrogens with zero attached hydrogens (tertiary/aromatic N) is 3. The van der Waals surface area contributed by atoms with Gasteiger partial charge in [-0.05, 0) is 51.4 Å². The van der Waals surface area contributed by atoms with Gasteiger partial charge in [-0.15, -0.1) is 0 Å². The minimum atomic E-state index is 0.605. The van der Waals surface area contributed by atoms with E-state index in [4.69, 9.17) is 19.4 Å². The average molecular weight is 576 g/mol. The molecule has 2 aromatic heterocycles. The lowest BCUT2D eigenvalue weighted by atomic mass is 9.96. The van der Waals surface area contributed by atoms with Gasteiger partial charge in [0, 0.05) is 33.0 Å². The zero-order valence-electron chi connectivity index (χ0n) is 24.2. The van der Waals surface area contributed by atoms with Crippen LogP contribution in [0.3, 0.4) is 0 Å². The SMILES string of the molecule is c1ccc(-c2nc(-c3cccc4ccccc34)nc(-c3ccc(-c4ccc5ccccc5c4)c4oc5ccccc5c34)n2)cc1. The third kappa shape index (κ3) is 4.27. The van der Waals surface area contributed by atoms with Crippen molar-refractivity contribution < 1.29 is 4.42 Å². The van der Waals surface area contributed by atoms with E-state index in [0.717, 1.165) is 60.5 Å². The summed E-state index contributed by atoms with van der Waals surface area (Å²) in [4.78, 5) is 15.3. The first-order valence-electron chi connectivity index (χ1n) is 15.0. The molecule has 210 valence electrons. The van der Waals surface area contributed by atoms with Crippen molar-refractivity contribution in [1.82, 2.24) is 15.0 Å². The molecule has 0 bridgehead atoms. The normalized spacial score (nSPS) is 11.6. The summed E-state index contributed by atoms with van der Waals surface area (Å²) < 4.78 is 6.63. The lowest BCUT2D eigenvalue weighted by molar-refractivity contribution is 0.670. The van der Waals surface area contributed by atoms with Gasteiger partial charge in [0.1, 0.15) is 11.2 Å². The zero-order chi connectivity index (χ0) is 29.7. The Morgan fingerprint density at radius 2 is 1.02 bits per heavy atom. The van der Waals surface area contributed by atoms with Gasteiger partial charge in [-0.2, -0.15) is 0 Å². The lowest BCUT2D eigenvalue weighted by Gasteiger charge is -2.12. The Balaban J connectivity index is 1.33. The van der Waals surface area contributed by atoms with Crippen molar-refractivity contribution in [2.75, 3.05) is 0 Å². The van der Waals surface area contributed by atoms with Crippen molar-refractivity contribution in [3.8, 4) is 45.3 Å². The fourth-order valence-electron chi connectivity index (χ4n) is 6.35. The molecule has 9 rings (SSSR count). The molecular weight excluding hydrogens is 550 g/mol. The molecule has 0 fully saturated rings. The van der Waals surface area contributed by atoms with Crippen LogP contribution in [0.1, 0.15) is 0 Å². The largest absolute Gasteiger partial charge is 0.455 e. The van der Waals surface area contributed by atoms with Crippen LogP contribution in [0.4, 0.5) is 0 Å². The molecule has 0 aliphatic carbocycles. The van der Waals surface area contributed by atoms with Crippen LogP contribution >= 0.6 is 0 Å². The van der Waals surface area contributed by atoms with E-state index in [1.165, 1.54) is 10.8 Å². The fraction of sp³-hybridized carbons (Fsp3) is 0. The number of aromatic nitrogens is 3. The molecule has 0 unspecified atom stereocenters. The van der Waals surface area contributed by atoms with Crippen LogP contribution < -0.4 is 0 Å². The third-order valence-electron chi connectivity index (χ3n) is 8.53. The Morgan fingerprint density at radius 3 is 1.89 bits per heavy atom. The minimum Gasteiger partial charge on any atom is -0.455 e. The summed E-state index contributed by atoms with van der Waals surface area (Å²) in [6, 6.07) is 52.2. The predicted octanol–water partition coefficient (Wildman–Crippen LogP) is 10.7. The summed E-state index contributed by atoms with van der Waals surface area (Å²) >= 11 is 0. The van der Waals surface area contributed by atoms with E-state index in [1.807, 2.05) is 48.5 Å². The molecule has 2 heterocycles. The first kappa shape index (κ1) is 25.4. The van der Waals surface area contributed by atoms with Crippen molar-refractivity contribution in [3.63, 3.8) is 0 Å². The minimum absolute atomic E-state index is 0.605. The van der Waals surface area contributed by atoms with Gasteiger partial charge in [0.2, 0.25) is 0 Å². The monoisotopic (exact) mass is 575 g/mol. The third-order valence-corrected chi connectivity index (χ3v) is 8.53. The fourth-order valence-corrected chi connectivity index (χ4v) is 6.35. The van der Waals surface area contributed by atoms with Gasteiger partial charge in [-0.1, -0.05) is 127 Å². The molecule has 4 nitrogen and oxygen atoms in total. The second-order valence-electron chi connectivity index (χ2n) is 11.2. The van der Waals surface area contributed by atoms with Crippen molar-refractivity contribution in [2.45, 2.75) is 0 Å². The molecule has 0 saturated heterocycles. The van der Waals surface area contributed by atoms with E-state index in [9.17, 15) is 0 Å². The summed E-state index contributed by atoms with van der Waals surface area (Å²) in [5, 5.41) is 6.65. The smallest absolute Gasteiger partial charge is 0.164 e. The van der Waals surface area contributed by atoms with Gasteiger partial charge in [-0.3, -0.25) is 0 Å². The van der Waals surface area contributed by atoms with Gasteiger partial charge in [-0.25, -0.2) is 15.0 Å². The van der Waals surface area contributed by atoms with Gasteiger partial charge in [0.05, 0.1) is 0 Å². The van der Waals surface area contributed by atoms with Crippen molar-refractivity contribution >= 4 is 43.5 Å². The number of fused-ring (bicyclic) bond motifs is 5. The Labute approximate surface area is 259 Å². The first-order chi connectivity index (χ1) is 22.3. The van der Waals surface area contributed by atoms with E-state index in [2.05, 4.69) is 103 Å². The van der Waals surface area contributed by atoms with Crippen LogP contribution in [0.2, 0.25) is 0 Å². The highest BCUT2D eigenvalue weighted by Gasteiger charge is 2.21. The number of para-hydroxylation sites is 1. The summed E-state index contributed by atoms with van der Waals surface area (Å²) in [7, 11) is 0. The number of hydrogen-bond donors (Lipinski definition) is 0. The summed E-state index contributed by atoms with van der Waals surface area (Å²) in [6.45, 7) is 0. The quantitative estimate of drug-likeness (QED) is 0.209. The van der Waals surface area contributed by atoms with Crippen molar-refractivity contribution in [2.24, 2.45) is 0 Å². The molecule has 0 saturated carbocycles. The average Bonchev–Trinajstić information content (AvgIpc) is 3.51. The molecule has 9 aromatic rings. The molecule has 0 radical (unpaired) electrons. The molecule has 0 amide bonds. The molecule has 45 heavy (non-hydrogen) atoms.